The van der Waals surface area contributed by atoms with Crippen molar-refractivity contribution >= 4 is 6.08 Å². The standard InChI is InChI=1S/C13H14O2/c1-14-12-4-2-3-11-10(12)5-6-13(11)7-8-15-9-13/h2-6H,7-9H2,1H3. The zero-order valence-electron chi connectivity index (χ0n) is 8.82. The van der Waals surface area contributed by atoms with Crippen LogP contribution in [0, 0.1) is 0 Å². The summed E-state index contributed by atoms with van der Waals surface area (Å²) in [6.45, 7) is 1.67. The van der Waals surface area contributed by atoms with Gasteiger partial charge in [-0.1, -0.05) is 24.3 Å². The molecule has 15 heavy (non-hydrogen) atoms. The molecule has 0 amide bonds. The molecule has 2 nitrogen and oxygen atoms in total. The second-order valence-corrected chi connectivity index (χ2v) is 4.21. The molecule has 2 heteroatoms. The lowest BCUT2D eigenvalue weighted by molar-refractivity contribution is 0.186. The monoisotopic (exact) mass is 202 g/mol. The van der Waals surface area contributed by atoms with E-state index in [1.54, 1.807) is 7.11 Å². The summed E-state index contributed by atoms with van der Waals surface area (Å²) in [4.78, 5) is 0. The molecule has 1 aliphatic carbocycles. The molecule has 1 spiro atoms. The minimum absolute atomic E-state index is 0.129. The summed E-state index contributed by atoms with van der Waals surface area (Å²) in [5.41, 5.74) is 2.72. The Labute approximate surface area is 89.5 Å². The molecule has 1 atom stereocenters. The van der Waals surface area contributed by atoms with Gasteiger partial charge in [-0.25, -0.2) is 0 Å². The Balaban J connectivity index is 2.14. The highest BCUT2D eigenvalue weighted by Crippen LogP contribution is 2.44. The molecule has 1 heterocycles. The molecule has 0 saturated carbocycles. The summed E-state index contributed by atoms with van der Waals surface area (Å²) >= 11 is 0. The first kappa shape index (κ1) is 8.98. The molecule has 1 saturated heterocycles. The van der Waals surface area contributed by atoms with Crippen molar-refractivity contribution in [1.29, 1.82) is 0 Å². The zero-order valence-corrected chi connectivity index (χ0v) is 8.82. The second kappa shape index (κ2) is 3.11. The molecular weight excluding hydrogens is 188 g/mol. The van der Waals surface area contributed by atoms with E-state index in [1.165, 1.54) is 11.1 Å². The summed E-state index contributed by atoms with van der Waals surface area (Å²) in [5, 5.41) is 0. The third-order valence-corrected chi connectivity index (χ3v) is 3.44. The van der Waals surface area contributed by atoms with Gasteiger partial charge in [0.2, 0.25) is 0 Å². The van der Waals surface area contributed by atoms with E-state index in [0.29, 0.717) is 0 Å². The van der Waals surface area contributed by atoms with Crippen molar-refractivity contribution in [2.45, 2.75) is 11.8 Å². The Morgan fingerprint density at radius 3 is 3.07 bits per heavy atom. The molecular formula is C13H14O2. The molecule has 3 rings (SSSR count). The second-order valence-electron chi connectivity index (χ2n) is 4.21. The maximum absolute atomic E-state index is 5.52. The van der Waals surface area contributed by atoms with Crippen molar-refractivity contribution in [3.63, 3.8) is 0 Å². The van der Waals surface area contributed by atoms with Crippen LogP contribution in [-0.2, 0) is 10.2 Å². The van der Waals surface area contributed by atoms with Gasteiger partial charge in [0.25, 0.3) is 0 Å². The van der Waals surface area contributed by atoms with Crippen LogP contribution in [0.5, 0.6) is 5.75 Å². The van der Waals surface area contributed by atoms with Crippen LogP contribution in [0.1, 0.15) is 17.5 Å². The number of ether oxygens (including phenoxy) is 2. The third kappa shape index (κ3) is 1.15. The summed E-state index contributed by atoms with van der Waals surface area (Å²) in [5.74, 6) is 0.965. The average Bonchev–Trinajstić information content (AvgIpc) is 2.89. The minimum Gasteiger partial charge on any atom is -0.496 e. The van der Waals surface area contributed by atoms with Crippen LogP contribution < -0.4 is 4.74 Å². The van der Waals surface area contributed by atoms with Crippen LogP contribution in [0.3, 0.4) is 0 Å². The van der Waals surface area contributed by atoms with Gasteiger partial charge >= 0.3 is 0 Å². The normalized spacial score (nSPS) is 27.3. The maximum atomic E-state index is 5.52. The van der Waals surface area contributed by atoms with Gasteiger partial charge in [0.15, 0.2) is 0 Å². The molecule has 78 valence electrons. The number of fused-ring (bicyclic) bond motifs is 2. The van der Waals surface area contributed by atoms with E-state index >= 15 is 0 Å². The van der Waals surface area contributed by atoms with E-state index in [-0.39, 0.29) is 5.41 Å². The highest BCUT2D eigenvalue weighted by Gasteiger charge is 2.39. The first-order valence-electron chi connectivity index (χ1n) is 5.30. The number of hydrogen-bond donors (Lipinski definition) is 0. The summed E-state index contributed by atoms with van der Waals surface area (Å²) in [7, 11) is 1.72. The fourth-order valence-electron chi connectivity index (χ4n) is 2.59. The molecule has 0 aromatic heterocycles. The van der Waals surface area contributed by atoms with Crippen LogP contribution >= 0.6 is 0 Å². The number of hydrogen-bond acceptors (Lipinski definition) is 2. The third-order valence-electron chi connectivity index (χ3n) is 3.44. The van der Waals surface area contributed by atoms with Crippen LogP contribution in [-0.4, -0.2) is 20.3 Å². The number of methoxy groups -OCH3 is 1. The van der Waals surface area contributed by atoms with Gasteiger partial charge in [0, 0.05) is 17.6 Å². The van der Waals surface area contributed by atoms with Gasteiger partial charge in [-0.05, 0) is 18.1 Å². The van der Waals surface area contributed by atoms with Gasteiger partial charge < -0.3 is 9.47 Å². The van der Waals surface area contributed by atoms with E-state index < -0.39 is 0 Å². The minimum atomic E-state index is 0.129. The highest BCUT2D eigenvalue weighted by molar-refractivity contribution is 5.70. The molecule has 1 fully saturated rings. The molecule has 0 radical (unpaired) electrons. The number of benzene rings is 1. The SMILES string of the molecule is COc1cccc2c1C=CC21CCOC1. The smallest absolute Gasteiger partial charge is 0.126 e. The van der Waals surface area contributed by atoms with Crippen LogP contribution in [0.25, 0.3) is 6.08 Å². The lowest BCUT2D eigenvalue weighted by Crippen LogP contribution is -2.21. The Kier molecular flexibility index (Phi) is 1.86. The Bertz CT molecular complexity index is 415. The van der Waals surface area contributed by atoms with Crippen molar-refractivity contribution in [1.82, 2.24) is 0 Å². The van der Waals surface area contributed by atoms with Gasteiger partial charge in [-0.2, -0.15) is 0 Å². The van der Waals surface area contributed by atoms with Crippen molar-refractivity contribution in [2.24, 2.45) is 0 Å². The molecule has 1 aliphatic heterocycles. The average molecular weight is 202 g/mol. The Hall–Kier alpha value is -1.28. The number of rotatable bonds is 1. The predicted molar refractivity (Wildman–Crippen MR) is 59.1 cm³/mol. The van der Waals surface area contributed by atoms with E-state index in [1.807, 2.05) is 6.07 Å². The highest BCUT2D eigenvalue weighted by atomic mass is 16.5. The largest absolute Gasteiger partial charge is 0.496 e. The molecule has 2 aliphatic rings. The molecule has 0 bridgehead atoms. The van der Waals surface area contributed by atoms with Crippen molar-refractivity contribution < 1.29 is 9.47 Å². The maximum Gasteiger partial charge on any atom is 0.126 e. The Morgan fingerprint density at radius 1 is 1.40 bits per heavy atom. The first-order valence-corrected chi connectivity index (χ1v) is 5.30. The van der Waals surface area contributed by atoms with Crippen molar-refractivity contribution in [3.05, 3.63) is 35.4 Å². The van der Waals surface area contributed by atoms with E-state index in [4.69, 9.17) is 9.47 Å². The molecule has 1 unspecified atom stereocenters. The van der Waals surface area contributed by atoms with Gasteiger partial charge in [0.05, 0.1) is 13.7 Å². The van der Waals surface area contributed by atoms with Crippen LogP contribution in [0.15, 0.2) is 24.3 Å². The molecule has 0 N–H and O–H groups in total. The molecule has 1 aromatic carbocycles. The van der Waals surface area contributed by atoms with Crippen LogP contribution in [0.2, 0.25) is 0 Å². The Morgan fingerprint density at radius 2 is 2.33 bits per heavy atom. The van der Waals surface area contributed by atoms with E-state index in [9.17, 15) is 0 Å². The van der Waals surface area contributed by atoms with Crippen molar-refractivity contribution in [3.8, 4) is 5.75 Å². The topological polar surface area (TPSA) is 18.5 Å². The first-order chi connectivity index (χ1) is 7.36. The van der Waals surface area contributed by atoms with Gasteiger partial charge in [0.1, 0.15) is 5.75 Å². The summed E-state index contributed by atoms with van der Waals surface area (Å²) < 4.78 is 10.9. The fraction of sp³-hybridized carbons (Fsp3) is 0.385. The van der Waals surface area contributed by atoms with E-state index in [0.717, 1.165) is 25.4 Å². The molecule has 1 aromatic rings. The van der Waals surface area contributed by atoms with E-state index in [2.05, 4.69) is 24.3 Å². The summed E-state index contributed by atoms with van der Waals surface area (Å²) in [6.07, 6.45) is 5.53. The summed E-state index contributed by atoms with van der Waals surface area (Å²) in [6, 6.07) is 6.26. The van der Waals surface area contributed by atoms with Gasteiger partial charge in [-0.3, -0.25) is 0 Å². The zero-order chi connectivity index (χ0) is 10.3. The van der Waals surface area contributed by atoms with Gasteiger partial charge in [-0.15, -0.1) is 0 Å². The van der Waals surface area contributed by atoms with Crippen molar-refractivity contribution in [2.75, 3.05) is 20.3 Å². The predicted octanol–water partition coefficient (Wildman–Crippen LogP) is 2.38. The van der Waals surface area contributed by atoms with Crippen LogP contribution in [0.4, 0.5) is 0 Å². The lowest BCUT2D eigenvalue weighted by atomic mass is 9.82. The lowest BCUT2D eigenvalue weighted by Gasteiger charge is -2.21. The fourth-order valence-corrected chi connectivity index (χ4v) is 2.59. The quantitative estimate of drug-likeness (QED) is 0.696.